The molecule has 2 saturated heterocycles. The highest BCUT2D eigenvalue weighted by molar-refractivity contribution is 6.36. The standard InChI is InChI=1S/C18H24ClN3/c19-18-15-6-2-3-7-16(15)20-17(18)13-21-11-8-14(12-21)22-9-4-1-5-10-22/h2-3,6-7,14,20H,1,4-5,8-13H2/t14-/m1/s1. The number of hydrogen-bond acceptors (Lipinski definition) is 2. The second-order valence-corrected chi connectivity index (χ2v) is 7.12. The molecule has 2 aromatic rings. The molecule has 2 aliphatic rings. The maximum atomic E-state index is 6.55. The Morgan fingerprint density at radius 1 is 1.09 bits per heavy atom. The van der Waals surface area contributed by atoms with Crippen molar-refractivity contribution < 1.29 is 0 Å². The predicted molar refractivity (Wildman–Crippen MR) is 92.4 cm³/mol. The zero-order valence-corrected chi connectivity index (χ0v) is 13.8. The van der Waals surface area contributed by atoms with Crippen LogP contribution in [0.3, 0.4) is 0 Å². The van der Waals surface area contributed by atoms with Crippen LogP contribution < -0.4 is 0 Å². The number of para-hydroxylation sites is 1. The topological polar surface area (TPSA) is 22.3 Å². The fraction of sp³-hybridized carbons (Fsp3) is 0.556. The first-order valence-corrected chi connectivity index (χ1v) is 8.90. The Labute approximate surface area is 137 Å². The molecule has 1 N–H and O–H groups in total. The highest BCUT2D eigenvalue weighted by Crippen LogP contribution is 2.29. The van der Waals surface area contributed by atoms with E-state index in [0.717, 1.165) is 28.5 Å². The minimum atomic E-state index is 0.753. The molecular formula is C18H24ClN3. The summed E-state index contributed by atoms with van der Waals surface area (Å²) in [5.74, 6) is 0. The molecule has 3 heterocycles. The largest absolute Gasteiger partial charge is 0.356 e. The molecule has 4 heteroatoms. The summed E-state index contributed by atoms with van der Waals surface area (Å²) >= 11 is 6.55. The van der Waals surface area contributed by atoms with Crippen LogP contribution in [0.2, 0.25) is 5.02 Å². The molecule has 0 aliphatic carbocycles. The third-order valence-electron chi connectivity index (χ3n) is 5.25. The number of fused-ring (bicyclic) bond motifs is 1. The van der Waals surface area contributed by atoms with Gasteiger partial charge in [-0.05, 0) is 38.4 Å². The number of nitrogens with one attached hydrogen (secondary N) is 1. The van der Waals surface area contributed by atoms with E-state index in [-0.39, 0.29) is 0 Å². The van der Waals surface area contributed by atoms with Crippen LogP contribution in [0, 0.1) is 0 Å². The van der Waals surface area contributed by atoms with E-state index >= 15 is 0 Å². The van der Waals surface area contributed by atoms with E-state index in [9.17, 15) is 0 Å². The third-order valence-corrected chi connectivity index (χ3v) is 5.68. The second kappa shape index (κ2) is 6.23. The summed E-state index contributed by atoms with van der Waals surface area (Å²) in [5.41, 5.74) is 2.32. The van der Waals surface area contributed by atoms with Crippen molar-refractivity contribution >= 4 is 22.5 Å². The lowest BCUT2D eigenvalue weighted by Gasteiger charge is -2.32. The molecule has 0 radical (unpaired) electrons. The van der Waals surface area contributed by atoms with E-state index in [0.29, 0.717) is 0 Å². The van der Waals surface area contributed by atoms with Gasteiger partial charge in [0.2, 0.25) is 0 Å². The Morgan fingerprint density at radius 2 is 1.91 bits per heavy atom. The fourth-order valence-electron chi connectivity index (χ4n) is 4.03. The quantitative estimate of drug-likeness (QED) is 0.928. The third kappa shape index (κ3) is 2.78. The van der Waals surface area contributed by atoms with E-state index in [2.05, 4.69) is 33.0 Å². The van der Waals surface area contributed by atoms with Crippen molar-refractivity contribution in [2.24, 2.45) is 0 Å². The van der Waals surface area contributed by atoms with Crippen LogP contribution in [0.4, 0.5) is 0 Å². The molecule has 3 nitrogen and oxygen atoms in total. The average molecular weight is 318 g/mol. The number of benzene rings is 1. The molecule has 0 amide bonds. The summed E-state index contributed by atoms with van der Waals surface area (Å²) in [4.78, 5) is 8.75. The highest BCUT2D eigenvalue weighted by Gasteiger charge is 2.29. The number of H-pyrrole nitrogens is 1. The van der Waals surface area contributed by atoms with E-state index in [4.69, 9.17) is 11.6 Å². The molecule has 2 fully saturated rings. The predicted octanol–water partition coefficient (Wildman–Crippen LogP) is 3.88. The highest BCUT2D eigenvalue weighted by atomic mass is 35.5. The van der Waals surface area contributed by atoms with Gasteiger partial charge in [0.15, 0.2) is 0 Å². The van der Waals surface area contributed by atoms with Crippen molar-refractivity contribution in [3.8, 4) is 0 Å². The van der Waals surface area contributed by atoms with Crippen LogP contribution in [-0.4, -0.2) is 47.0 Å². The molecule has 1 aromatic carbocycles. The summed E-state index contributed by atoms with van der Waals surface area (Å²) in [5, 5.41) is 2.04. The smallest absolute Gasteiger partial charge is 0.0705 e. The number of piperidine rings is 1. The van der Waals surface area contributed by atoms with Crippen molar-refractivity contribution in [1.29, 1.82) is 0 Å². The Balaban J connectivity index is 1.44. The summed E-state index contributed by atoms with van der Waals surface area (Å²) < 4.78 is 0. The van der Waals surface area contributed by atoms with Crippen molar-refractivity contribution in [3.63, 3.8) is 0 Å². The fourth-order valence-corrected chi connectivity index (χ4v) is 4.31. The molecule has 0 spiro atoms. The Bertz CT molecular complexity index is 645. The molecule has 0 bridgehead atoms. The lowest BCUT2D eigenvalue weighted by molar-refractivity contribution is 0.161. The van der Waals surface area contributed by atoms with Crippen LogP contribution in [-0.2, 0) is 6.54 Å². The minimum Gasteiger partial charge on any atom is -0.356 e. The van der Waals surface area contributed by atoms with Gasteiger partial charge >= 0.3 is 0 Å². The molecule has 22 heavy (non-hydrogen) atoms. The van der Waals surface area contributed by atoms with Crippen LogP contribution in [0.25, 0.3) is 10.9 Å². The van der Waals surface area contributed by atoms with Crippen molar-refractivity contribution in [3.05, 3.63) is 35.0 Å². The number of hydrogen-bond donors (Lipinski definition) is 1. The maximum Gasteiger partial charge on any atom is 0.0705 e. The zero-order valence-electron chi connectivity index (χ0n) is 13.0. The van der Waals surface area contributed by atoms with Gasteiger partial charge in [0.25, 0.3) is 0 Å². The van der Waals surface area contributed by atoms with Gasteiger partial charge in [-0.3, -0.25) is 9.80 Å². The molecule has 0 saturated carbocycles. The lowest BCUT2D eigenvalue weighted by Crippen LogP contribution is -2.40. The second-order valence-electron chi connectivity index (χ2n) is 6.74. The molecule has 2 aliphatic heterocycles. The Kier molecular flexibility index (Phi) is 4.12. The summed E-state index contributed by atoms with van der Waals surface area (Å²) in [7, 11) is 0. The molecule has 1 aromatic heterocycles. The van der Waals surface area contributed by atoms with Crippen LogP contribution >= 0.6 is 11.6 Å². The maximum absolute atomic E-state index is 6.55. The van der Waals surface area contributed by atoms with Crippen molar-refractivity contribution in [1.82, 2.24) is 14.8 Å². The normalized spacial score (nSPS) is 24.3. The van der Waals surface area contributed by atoms with Crippen LogP contribution in [0.1, 0.15) is 31.4 Å². The van der Waals surface area contributed by atoms with Gasteiger partial charge in [0.1, 0.15) is 0 Å². The summed E-state index contributed by atoms with van der Waals surface area (Å²) in [6, 6.07) is 9.06. The Morgan fingerprint density at radius 3 is 2.73 bits per heavy atom. The summed E-state index contributed by atoms with van der Waals surface area (Å²) in [6.07, 6.45) is 5.48. The van der Waals surface area contributed by atoms with Crippen LogP contribution in [0.5, 0.6) is 0 Å². The number of nitrogens with zero attached hydrogens (tertiary/aromatic N) is 2. The number of halogens is 1. The molecular weight excluding hydrogens is 294 g/mol. The molecule has 1 atom stereocenters. The first-order valence-electron chi connectivity index (χ1n) is 8.53. The van der Waals surface area contributed by atoms with E-state index < -0.39 is 0 Å². The SMILES string of the molecule is Clc1c(CN2CC[C@@H](N3CCCCC3)C2)[nH]c2ccccc12. The molecule has 0 unspecified atom stereocenters. The monoisotopic (exact) mass is 317 g/mol. The van der Waals surface area contributed by atoms with Gasteiger partial charge in [-0.2, -0.15) is 0 Å². The van der Waals surface area contributed by atoms with E-state index in [1.54, 1.807) is 0 Å². The van der Waals surface area contributed by atoms with Gasteiger partial charge in [-0.1, -0.05) is 36.2 Å². The zero-order chi connectivity index (χ0) is 14.9. The van der Waals surface area contributed by atoms with Crippen molar-refractivity contribution in [2.75, 3.05) is 26.2 Å². The lowest BCUT2D eigenvalue weighted by atomic mass is 10.1. The average Bonchev–Trinajstić information content (AvgIpc) is 3.15. The Hall–Kier alpha value is -1.03. The van der Waals surface area contributed by atoms with E-state index in [1.807, 2.05) is 6.07 Å². The van der Waals surface area contributed by atoms with Gasteiger partial charge in [0.05, 0.1) is 5.02 Å². The molecule has 118 valence electrons. The number of aromatic amines is 1. The van der Waals surface area contributed by atoms with Crippen LogP contribution in [0.15, 0.2) is 24.3 Å². The van der Waals surface area contributed by atoms with Crippen molar-refractivity contribution in [2.45, 2.75) is 38.3 Å². The van der Waals surface area contributed by atoms with E-state index in [1.165, 1.54) is 57.6 Å². The van der Waals surface area contributed by atoms with Gasteiger partial charge in [-0.15, -0.1) is 0 Å². The van der Waals surface area contributed by atoms with Gasteiger partial charge < -0.3 is 4.98 Å². The summed E-state index contributed by atoms with van der Waals surface area (Å²) in [6.45, 7) is 5.91. The van der Waals surface area contributed by atoms with Gasteiger partial charge in [-0.25, -0.2) is 0 Å². The first-order chi connectivity index (χ1) is 10.8. The number of aromatic nitrogens is 1. The minimum absolute atomic E-state index is 0.753. The molecule has 4 rings (SSSR count). The first kappa shape index (κ1) is 14.6. The number of rotatable bonds is 3. The number of likely N-dealkylation sites (tertiary alicyclic amines) is 2. The van der Waals surface area contributed by atoms with Gasteiger partial charge in [0, 0.05) is 42.3 Å².